The number of hydrogen-bond donors (Lipinski definition) is 2. The van der Waals surface area contributed by atoms with Gasteiger partial charge in [-0.05, 0) is 0 Å². The predicted molar refractivity (Wildman–Crippen MR) is 158 cm³/mol. The molecule has 0 unspecified atom stereocenters. The Morgan fingerprint density at radius 2 is 1.97 bits per heavy atom. The van der Waals surface area contributed by atoms with Crippen LogP contribution in [0, 0.1) is 5.92 Å². The fraction of sp³-hybridized carbons (Fsp3) is 0.481. The molecular formula is C27H33I3NO2S-. The molecule has 7 heteroatoms. The molecule has 2 aromatic rings. The van der Waals surface area contributed by atoms with Gasteiger partial charge in [-0.2, -0.15) is 0 Å². The Morgan fingerprint density at radius 1 is 1.21 bits per heavy atom. The van der Waals surface area contributed by atoms with Gasteiger partial charge in [-0.25, -0.2) is 0 Å². The third-order valence-electron chi connectivity index (χ3n) is 6.80. The predicted octanol–water partition coefficient (Wildman–Crippen LogP) is 3.80. The zero-order valence-electron chi connectivity index (χ0n) is 19.6. The van der Waals surface area contributed by atoms with Gasteiger partial charge in [0.25, 0.3) is 0 Å². The van der Waals surface area contributed by atoms with E-state index >= 15 is 0 Å². The van der Waals surface area contributed by atoms with Gasteiger partial charge in [-0.15, -0.1) is 0 Å². The van der Waals surface area contributed by atoms with E-state index in [1.54, 1.807) is 0 Å². The molecule has 0 saturated carbocycles. The van der Waals surface area contributed by atoms with Crippen LogP contribution in [-0.2, 0) is 16.0 Å². The summed E-state index contributed by atoms with van der Waals surface area (Å²) < 4.78 is 2.44. The quantitative estimate of drug-likeness (QED) is 0.202. The number of nitrogens with one attached hydrogen (secondary N) is 1. The zero-order chi connectivity index (χ0) is 24.2. The molecule has 2 heterocycles. The van der Waals surface area contributed by atoms with Gasteiger partial charge in [0.2, 0.25) is 0 Å². The first-order chi connectivity index (χ1) is 16.4. The fourth-order valence-electron chi connectivity index (χ4n) is 4.63. The standard InChI is InChI=1S/C27H33I3NO2S/c1-3-18(16-28)25(34)27(33)31-24-15-21-13-12-20(19-9-5-4-6-10-19)14-22(21)23-11-7-8-17(2)30(29-23)26(24)32/h4-6,9-10,12-14,17-18,23-25,34H,3,7-8,11,15-16H2,1-2H3,(H,31,33)/q-1/t17-,18-,23-,24+,25+/m1/s1. The van der Waals surface area contributed by atoms with Crippen molar-refractivity contribution in [3.05, 3.63) is 59.7 Å². The van der Waals surface area contributed by atoms with Gasteiger partial charge in [0.1, 0.15) is 0 Å². The molecule has 1 saturated heterocycles. The second-order valence-corrected chi connectivity index (χ2v) is 26.3. The number of amides is 1. The van der Waals surface area contributed by atoms with Crippen LogP contribution >= 0.6 is 51.1 Å². The summed E-state index contributed by atoms with van der Waals surface area (Å²) >= 11 is 4.99. The molecule has 4 rings (SSSR count). The third kappa shape index (κ3) is 6.15. The van der Waals surface area contributed by atoms with E-state index in [9.17, 15) is 9.59 Å². The van der Waals surface area contributed by atoms with Crippen molar-refractivity contribution < 1.29 is 26.8 Å². The summed E-state index contributed by atoms with van der Waals surface area (Å²) in [6.45, 7) is 4.42. The van der Waals surface area contributed by atoms with Crippen molar-refractivity contribution in [3.8, 4) is 11.1 Å². The summed E-state index contributed by atoms with van der Waals surface area (Å²) in [5.41, 5.74) is 5.21. The number of benzene rings is 2. The first-order valence-corrected chi connectivity index (χ1v) is 23.9. The van der Waals surface area contributed by atoms with E-state index in [2.05, 4.69) is 103 Å². The average molecular weight is 816 g/mol. The second kappa shape index (κ2) is 12.6. The topological polar surface area (TPSA) is 46.2 Å². The van der Waals surface area contributed by atoms with Crippen LogP contribution in [0.5, 0.6) is 0 Å². The summed E-state index contributed by atoms with van der Waals surface area (Å²) in [4.78, 5) is 27.1. The monoisotopic (exact) mass is 816 g/mol. The molecular weight excluding hydrogens is 783 g/mol. The third-order valence-corrected chi connectivity index (χ3v) is 30.5. The molecule has 34 heavy (non-hydrogen) atoms. The van der Waals surface area contributed by atoms with E-state index in [0.29, 0.717) is 18.1 Å². The Balaban J connectivity index is 1.69. The molecule has 0 aromatic heterocycles. The number of halogens is 3. The minimum atomic E-state index is -1.81. The average Bonchev–Trinajstić information content (AvgIpc) is 3.05. The van der Waals surface area contributed by atoms with Crippen LogP contribution in [0.4, 0.5) is 0 Å². The van der Waals surface area contributed by atoms with Gasteiger partial charge < -0.3 is 0 Å². The van der Waals surface area contributed by atoms with Crippen LogP contribution in [0.3, 0.4) is 0 Å². The Bertz CT molecular complexity index is 1010. The van der Waals surface area contributed by atoms with Crippen LogP contribution in [0.1, 0.15) is 54.6 Å². The van der Waals surface area contributed by atoms with Crippen molar-refractivity contribution in [3.63, 3.8) is 0 Å². The first kappa shape index (κ1) is 27.2. The van der Waals surface area contributed by atoms with Crippen molar-refractivity contribution in [1.29, 1.82) is 0 Å². The van der Waals surface area contributed by atoms with Crippen LogP contribution in [0.25, 0.3) is 11.1 Å². The summed E-state index contributed by atoms with van der Waals surface area (Å²) in [7, 11) is 0. The van der Waals surface area contributed by atoms with Gasteiger partial charge in [0.15, 0.2) is 0 Å². The van der Waals surface area contributed by atoms with Crippen molar-refractivity contribution in [2.24, 2.45) is 5.92 Å². The molecule has 3 nitrogen and oxygen atoms in total. The number of alkyl halides is 3. The van der Waals surface area contributed by atoms with E-state index in [1.165, 1.54) is 41.5 Å². The summed E-state index contributed by atoms with van der Waals surface area (Å²) in [5.74, 6) is 0.155. The SMILES string of the molecule is CC[C@H](CI)[C@H](S)C(=O)N[C@H]1Cc2ccc(-c3ccccc3)cc2[C@H]2CCC[C@@H](C)I([I-]2)C1=O. The number of carbonyl (C=O) groups excluding carboxylic acids is 2. The van der Waals surface area contributed by atoms with Crippen LogP contribution in [0.2, 0.25) is 0 Å². The number of fused-ring (bicyclic) bond motifs is 4. The molecule has 1 amide bonds. The van der Waals surface area contributed by atoms with E-state index in [4.69, 9.17) is 0 Å². The molecule has 0 spiro atoms. The Hall–Kier alpha value is 0.120. The van der Waals surface area contributed by atoms with Gasteiger partial charge in [-0.1, -0.05) is 0 Å². The molecule has 1 N–H and O–H groups in total. The summed E-state index contributed by atoms with van der Waals surface area (Å²) in [6.07, 6.45) is 5.14. The molecule has 1 fully saturated rings. The van der Waals surface area contributed by atoms with E-state index in [-0.39, 0.29) is 40.3 Å². The molecule has 0 radical (unpaired) electrons. The molecule has 2 aromatic carbocycles. The molecule has 0 aliphatic carbocycles. The number of thiol groups is 1. The summed E-state index contributed by atoms with van der Waals surface area (Å²) in [5, 5.41) is 2.84. The van der Waals surface area contributed by atoms with E-state index in [0.717, 1.165) is 10.8 Å². The Morgan fingerprint density at radius 3 is 2.68 bits per heavy atom. The van der Waals surface area contributed by atoms with E-state index < -0.39 is 15.8 Å². The van der Waals surface area contributed by atoms with Crippen molar-refractivity contribution in [2.75, 3.05) is 4.43 Å². The molecule has 2 aliphatic rings. The van der Waals surface area contributed by atoms with Crippen LogP contribution in [0.15, 0.2) is 48.5 Å². The van der Waals surface area contributed by atoms with Crippen LogP contribution < -0.4 is 22.5 Å². The summed E-state index contributed by atoms with van der Waals surface area (Å²) in [6, 6.07) is 17.0. The maximum atomic E-state index is 13.9. The normalized spacial score (nSPS) is 25.6. The number of rotatable bonds is 6. The number of hydrogen-bond acceptors (Lipinski definition) is 3. The van der Waals surface area contributed by atoms with Crippen molar-refractivity contribution in [1.82, 2.24) is 5.32 Å². The van der Waals surface area contributed by atoms with Crippen molar-refractivity contribution in [2.45, 2.75) is 65.1 Å². The molecule has 186 valence electrons. The molecule has 2 bridgehead atoms. The van der Waals surface area contributed by atoms with Gasteiger partial charge >= 0.3 is 239 Å². The Labute approximate surface area is 236 Å². The fourth-order valence-corrected chi connectivity index (χ4v) is 28.0. The van der Waals surface area contributed by atoms with Gasteiger partial charge in [0, 0.05) is 0 Å². The first-order valence-electron chi connectivity index (χ1n) is 12.0. The van der Waals surface area contributed by atoms with E-state index in [1.807, 2.05) is 0 Å². The second-order valence-electron chi connectivity index (χ2n) is 9.14. The van der Waals surface area contributed by atoms with Crippen LogP contribution in [-0.4, -0.2) is 29.3 Å². The van der Waals surface area contributed by atoms with Gasteiger partial charge in [-0.3, -0.25) is 0 Å². The zero-order valence-corrected chi connectivity index (χ0v) is 27.0. The Kier molecular flexibility index (Phi) is 10.0. The van der Waals surface area contributed by atoms with Crippen molar-refractivity contribution >= 4 is 60.8 Å². The number of carbonyl (C=O) groups is 2. The maximum absolute atomic E-state index is 13.9. The van der Waals surface area contributed by atoms with Gasteiger partial charge in [0.05, 0.1) is 0 Å². The molecule has 2 aliphatic heterocycles. The molecule has 5 atom stereocenters. The minimum absolute atomic E-state index is 0.0682.